The van der Waals surface area contributed by atoms with Gasteiger partial charge in [0.1, 0.15) is 11.3 Å². The minimum absolute atomic E-state index is 0.0124. The van der Waals surface area contributed by atoms with E-state index in [1.54, 1.807) is 24.3 Å². The van der Waals surface area contributed by atoms with E-state index in [0.717, 1.165) is 5.56 Å². The maximum atomic E-state index is 14.0. The Morgan fingerprint density at radius 3 is 2.67 bits per heavy atom. The highest BCUT2D eigenvalue weighted by atomic mass is 32.1. The van der Waals surface area contributed by atoms with Crippen molar-refractivity contribution in [2.24, 2.45) is 11.5 Å². The number of Topliss-reactive ketones (excluding diaryl/α,β-unsaturated/α-hetero) is 1. The number of hydrogen-bond donors (Lipinski definition) is 5. The average molecular weight is 552 g/mol. The van der Waals surface area contributed by atoms with Gasteiger partial charge in [0.15, 0.2) is 5.78 Å². The van der Waals surface area contributed by atoms with E-state index < -0.39 is 29.4 Å². The molecule has 3 aromatic rings. The number of thiophene rings is 1. The summed E-state index contributed by atoms with van der Waals surface area (Å²) in [6.07, 6.45) is 0.258. The van der Waals surface area contributed by atoms with E-state index in [4.69, 9.17) is 21.9 Å². The Morgan fingerprint density at radius 2 is 2.00 bits per heavy atom. The Bertz CT molecular complexity index is 1500. The number of carboxylic acid groups (broad SMARTS) is 1. The molecule has 0 spiro atoms. The van der Waals surface area contributed by atoms with Crippen LogP contribution >= 0.6 is 11.3 Å². The van der Waals surface area contributed by atoms with Crippen molar-refractivity contribution in [3.8, 4) is 5.75 Å². The van der Waals surface area contributed by atoms with Crippen LogP contribution in [0.1, 0.15) is 64.7 Å². The van der Waals surface area contributed by atoms with Gasteiger partial charge in [-0.1, -0.05) is 12.1 Å². The number of nitrogens with zero attached hydrogens (tertiary/aromatic N) is 1. The van der Waals surface area contributed by atoms with E-state index in [2.05, 4.69) is 5.32 Å². The Labute approximate surface area is 230 Å². The molecule has 1 aromatic heterocycles. The molecule has 2 heterocycles. The lowest BCUT2D eigenvalue weighted by atomic mass is 9.70. The molecule has 0 radical (unpaired) electrons. The maximum absolute atomic E-state index is 14.0. The molecular weight excluding hydrogens is 518 g/mol. The maximum Gasteiger partial charge on any atom is 0.407 e. The van der Waals surface area contributed by atoms with Crippen LogP contribution in [0.3, 0.4) is 0 Å². The van der Waals surface area contributed by atoms with E-state index >= 15 is 0 Å². The van der Waals surface area contributed by atoms with Gasteiger partial charge in [-0.15, -0.1) is 11.3 Å². The van der Waals surface area contributed by atoms with Gasteiger partial charge in [0.05, 0.1) is 21.7 Å². The number of hydrogen-bond acceptors (Lipinski definition) is 8. The summed E-state index contributed by atoms with van der Waals surface area (Å²) < 4.78 is 6.50. The number of anilines is 1. The molecule has 1 fully saturated rings. The fourth-order valence-corrected chi connectivity index (χ4v) is 6.85. The molecule has 2 aromatic carbocycles. The summed E-state index contributed by atoms with van der Waals surface area (Å²) in [6, 6.07) is 7.34. The number of benzene rings is 2. The summed E-state index contributed by atoms with van der Waals surface area (Å²) in [5, 5.41) is 12.9. The van der Waals surface area contributed by atoms with Crippen molar-refractivity contribution in [2.75, 3.05) is 18.8 Å². The first-order chi connectivity index (χ1) is 18.4. The number of ketones is 1. The van der Waals surface area contributed by atoms with Gasteiger partial charge in [-0.2, -0.15) is 0 Å². The lowest BCUT2D eigenvalue weighted by Gasteiger charge is -2.37. The van der Waals surface area contributed by atoms with Gasteiger partial charge >= 0.3 is 6.09 Å². The van der Waals surface area contributed by atoms with Crippen molar-refractivity contribution in [3.63, 3.8) is 0 Å². The van der Waals surface area contributed by atoms with Crippen LogP contribution < -0.4 is 27.3 Å². The van der Waals surface area contributed by atoms with Gasteiger partial charge in [0.2, 0.25) is 0 Å². The molecule has 39 heavy (non-hydrogen) atoms. The summed E-state index contributed by atoms with van der Waals surface area (Å²) in [5.41, 5.74) is 21.1. The third kappa shape index (κ3) is 4.40. The molecule has 1 aliphatic carbocycles. The minimum atomic E-state index is -1.56. The van der Waals surface area contributed by atoms with Crippen molar-refractivity contribution in [1.29, 1.82) is 0 Å². The third-order valence-electron chi connectivity index (χ3n) is 7.54. The molecule has 0 bridgehead atoms. The zero-order valence-electron chi connectivity index (χ0n) is 22.1. The van der Waals surface area contributed by atoms with E-state index in [1.807, 2.05) is 26.8 Å². The van der Waals surface area contributed by atoms with Gasteiger partial charge in [0.25, 0.3) is 5.91 Å². The number of amides is 2. The van der Waals surface area contributed by atoms with Crippen LogP contribution in [-0.4, -0.2) is 53.0 Å². The van der Waals surface area contributed by atoms with E-state index in [9.17, 15) is 19.5 Å². The highest BCUT2D eigenvalue weighted by Crippen LogP contribution is 2.49. The number of nitrogen functional groups attached to an aromatic ring is 1. The number of likely N-dealkylation sites (tertiary alicyclic amines) is 1. The summed E-state index contributed by atoms with van der Waals surface area (Å²) in [4.78, 5) is 40.5. The van der Waals surface area contributed by atoms with Gasteiger partial charge in [-0.25, -0.2) is 4.79 Å². The number of nitrogens with two attached hydrogens (primary N) is 3. The van der Waals surface area contributed by atoms with Crippen LogP contribution in [0.5, 0.6) is 5.75 Å². The average Bonchev–Trinajstić information content (AvgIpc) is 3.30. The lowest BCUT2D eigenvalue weighted by Crippen LogP contribution is -2.53. The number of aryl methyl sites for hydroxylation is 1. The van der Waals surface area contributed by atoms with Crippen LogP contribution in [0.4, 0.5) is 10.5 Å². The Balaban J connectivity index is 1.59. The van der Waals surface area contributed by atoms with Crippen molar-refractivity contribution < 1.29 is 24.2 Å². The van der Waals surface area contributed by atoms with Crippen molar-refractivity contribution in [3.05, 3.63) is 57.5 Å². The molecule has 5 rings (SSSR count). The molecule has 206 valence electrons. The third-order valence-corrected chi connectivity index (χ3v) is 8.79. The molecular formula is C28H33N5O5S. The Hall–Kier alpha value is -3.67. The minimum Gasteiger partial charge on any atom is -0.491 e. The fourth-order valence-electron chi connectivity index (χ4n) is 5.65. The van der Waals surface area contributed by atoms with Gasteiger partial charge in [-0.05, 0) is 68.5 Å². The Kier molecular flexibility index (Phi) is 6.78. The van der Waals surface area contributed by atoms with E-state index in [-0.39, 0.29) is 23.6 Å². The van der Waals surface area contributed by atoms with Gasteiger partial charge in [-0.3, -0.25) is 9.59 Å². The Morgan fingerprint density at radius 1 is 1.26 bits per heavy atom. The lowest BCUT2D eigenvalue weighted by molar-refractivity contribution is -0.124. The standard InChI is InChI=1S/C28H33N5O5S/c1-13(2)38-19-9-6-15(11-14(19)3)28(31)17-7-8-18(29)23-20(17)21(22(30)25(28)34)24(39-23)26(35)32-16-5-4-10-33(12-16)27(36)37/h6-9,11,13,16,22H,4-5,10,12,29-31H2,1-3H3,(H,32,35)(H,36,37). The molecule has 10 nitrogen and oxygen atoms in total. The largest absolute Gasteiger partial charge is 0.491 e. The van der Waals surface area contributed by atoms with Gasteiger partial charge < -0.3 is 37.3 Å². The molecule has 11 heteroatoms. The van der Waals surface area contributed by atoms with Crippen molar-refractivity contribution in [1.82, 2.24) is 10.2 Å². The fraction of sp³-hybridized carbons (Fsp3) is 0.393. The number of rotatable bonds is 5. The zero-order valence-corrected chi connectivity index (χ0v) is 22.9. The highest BCUT2D eigenvalue weighted by molar-refractivity contribution is 7.21. The summed E-state index contributed by atoms with van der Waals surface area (Å²) in [7, 11) is 0. The smallest absolute Gasteiger partial charge is 0.407 e. The molecule has 8 N–H and O–H groups in total. The second kappa shape index (κ2) is 9.82. The summed E-state index contributed by atoms with van der Waals surface area (Å²) >= 11 is 1.17. The van der Waals surface area contributed by atoms with Crippen molar-refractivity contribution >= 4 is 44.9 Å². The van der Waals surface area contributed by atoms with Crippen LogP contribution in [0, 0.1) is 6.92 Å². The molecule has 2 amide bonds. The number of carbonyl (C=O) groups excluding carboxylic acids is 2. The monoisotopic (exact) mass is 551 g/mol. The quantitative estimate of drug-likeness (QED) is 0.300. The molecule has 1 saturated heterocycles. The SMILES string of the molecule is Cc1cc(C2(N)C(=O)C(N)c3c(C(=O)NC4CCCN(C(=O)O)C4)sc4c(N)ccc2c34)ccc1OC(C)C. The first kappa shape index (κ1) is 26.9. The molecule has 0 saturated carbocycles. The van der Waals surface area contributed by atoms with Gasteiger partial charge in [0, 0.05) is 35.8 Å². The molecule has 2 aliphatic rings. The van der Waals surface area contributed by atoms with Crippen molar-refractivity contribution in [2.45, 2.75) is 57.3 Å². The number of nitrogens with one attached hydrogen (secondary N) is 1. The van der Waals surface area contributed by atoms with Crippen LogP contribution in [-0.2, 0) is 10.3 Å². The highest BCUT2D eigenvalue weighted by Gasteiger charge is 2.49. The predicted molar refractivity (Wildman–Crippen MR) is 150 cm³/mol. The normalized spacial score (nSPS) is 22.8. The topological polar surface area (TPSA) is 174 Å². The number of ether oxygens (including phenoxy) is 1. The molecule has 3 unspecified atom stereocenters. The second-order valence-electron chi connectivity index (χ2n) is 10.6. The molecule has 3 atom stereocenters. The summed E-state index contributed by atoms with van der Waals surface area (Å²) in [5.74, 6) is -0.139. The number of piperidine rings is 1. The summed E-state index contributed by atoms with van der Waals surface area (Å²) in [6.45, 7) is 6.40. The number of carbonyl (C=O) groups is 3. The first-order valence-corrected chi connectivity index (χ1v) is 13.8. The molecule has 1 aliphatic heterocycles. The zero-order chi connectivity index (χ0) is 28.2. The van der Waals surface area contributed by atoms with E-state index in [0.29, 0.717) is 57.6 Å². The first-order valence-electron chi connectivity index (χ1n) is 12.9. The van der Waals surface area contributed by atoms with Crippen LogP contribution in [0.25, 0.3) is 10.1 Å². The van der Waals surface area contributed by atoms with E-state index in [1.165, 1.54) is 16.2 Å². The van der Waals surface area contributed by atoms with Crippen LogP contribution in [0.15, 0.2) is 30.3 Å². The van der Waals surface area contributed by atoms with Crippen LogP contribution in [0.2, 0.25) is 0 Å². The predicted octanol–water partition coefficient (Wildman–Crippen LogP) is 3.24. The second-order valence-corrected chi connectivity index (χ2v) is 11.6.